The van der Waals surface area contributed by atoms with E-state index in [1.807, 2.05) is 30.3 Å². The van der Waals surface area contributed by atoms with E-state index < -0.39 is 0 Å². The summed E-state index contributed by atoms with van der Waals surface area (Å²) in [5, 5.41) is 13.8. The van der Waals surface area contributed by atoms with Gasteiger partial charge in [-0.05, 0) is 40.2 Å². The summed E-state index contributed by atoms with van der Waals surface area (Å²) < 4.78 is 5.60. The number of carbonyl (C=O) groups excluding carboxylic acids is 1. The number of rotatable bonds is 6. The number of methoxy groups -OCH3 is 1. The molecule has 120 valence electrons. The number of nitrogens with zero attached hydrogens (tertiary/aromatic N) is 1. The third kappa shape index (κ3) is 5.30. The normalized spacial score (nSPS) is 10.7. The molecule has 0 saturated carbocycles. The zero-order valence-electron chi connectivity index (χ0n) is 12.3. The number of hydrazone groups is 1. The summed E-state index contributed by atoms with van der Waals surface area (Å²) in [5.41, 5.74) is 2.87. The van der Waals surface area contributed by atoms with Crippen molar-refractivity contribution in [3.63, 3.8) is 0 Å². The maximum atomic E-state index is 11.7. The Morgan fingerprint density at radius 2 is 2.13 bits per heavy atom. The number of benzene rings is 2. The molecular weight excluding hydrogens is 380 g/mol. The largest absolute Gasteiger partial charge is 0.506 e. The minimum absolute atomic E-state index is 0.0301. The van der Waals surface area contributed by atoms with Crippen molar-refractivity contribution in [3.05, 3.63) is 52.5 Å². The molecule has 0 aliphatic heterocycles. The Labute approximate surface area is 146 Å². The van der Waals surface area contributed by atoms with Crippen LogP contribution >= 0.6 is 27.7 Å². The van der Waals surface area contributed by atoms with Crippen LogP contribution in [0.25, 0.3) is 0 Å². The quantitative estimate of drug-likeness (QED) is 0.447. The van der Waals surface area contributed by atoms with Crippen molar-refractivity contribution in [3.8, 4) is 11.5 Å². The molecule has 0 aliphatic carbocycles. The molecule has 2 aromatic rings. The van der Waals surface area contributed by atoms with Crippen molar-refractivity contribution in [2.75, 3.05) is 12.9 Å². The van der Waals surface area contributed by atoms with Crippen LogP contribution in [0.4, 0.5) is 0 Å². The smallest absolute Gasteiger partial charge is 0.250 e. The van der Waals surface area contributed by atoms with Crippen LogP contribution in [0, 0.1) is 0 Å². The van der Waals surface area contributed by atoms with Crippen molar-refractivity contribution in [1.29, 1.82) is 0 Å². The Morgan fingerprint density at radius 3 is 2.83 bits per heavy atom. The predicted molar refractivity (Wildman–Crippen MR) is 95.3 cm³/mol. The number of phenolic OH excluding ortho intramolecular Hbond substituents is 1. The Bertz CT molecular complexity index is 708. The van der Waals surface area contributed by atoms with Gasteiger partial charge in [0.1, 0.15) is 11.5 Å². The topological polar surface area (TPSA) is 70.9 Å². The first-order valence-electron chi connectivity index (χ1n) is 6.66. The fraction of sp³-hybridized carbons (Fsp3) is 0.125. The third-order valence-electron chi connectivity index (χ3n) is 2.81. The molecular formula is C16H15BrN2O3S. The number of hydrogen-bond donors (Lipinski definition) is 2. The van der Waals surface area contributed by atoms with Crippen molar-refractivity contribution in [1.82, 2.24) is 5.43 Å². The van der Waals surface area contributed by atoms with E-state index in [1.54, 1.807) is 12.1 Å². The number of thioether (sulfide) groups is 1. The highest BCUT2D eigenvalue weighted by molar-refractivity contribution is 9.10. The lowest BCUT2D eigenvalue weighted by atomic mass is 10.2. The summed E-state index contributed by atoms with van der Waals surface area (Å²) in [6.07, 6.45) is 1.37. The SMILES string of the molecule is COc1cc(Br)c(O)c(/C=N/NC(=O)CSc2ccccc2)c1. The average Bonchev–Trinajstić information content (AvgIpc) is 2.57. The molecule has 23 heavy (non-hydrogen) atoms. The molecule has 0 saturated heterocycles. The molecule has 0 fully saturated rings. The lowest BCUT2D eigenvalue weighted by molar-refractivity contribution is -0.118. The van der Waals surface area contributed by atoms with Crippen LogP contribution < -0.4 is 10.2 Å². The maximum absolute atomic E-state index is 11.7. The van der Waals surface area contributed by atoms with Crippen LogP contribution in [0.2, 0.25) is 0 Å². The van der Waals surface area contributed by atoms with Crippen molar-refractivity contribution >= 4 is 39.8 Å². The third-order valence-corrected chi connectivity index (χ3v) is 4.42. The van der Waals surface area contributed by atoms with Crippen LogP contribution in [0.3, 0.4) is 0 Å². The molecule has 2 aromatic carbocycles. The Hall–Kier alpha value is -1.99. The highest BCUT2D eigenvalue weighted by Crippen LogP contribution is 2.31. The van der Waals surface area contributed by atoms with E-state index in [9.17, 15) is 9.90 Å². The number of amides is 1. The molecule has 0 aliphatic rings. The number of halogens is 1. The van der Waals surface area contributed by atoms with Gasteiger partial charge >= 0.3 is 0 Å². The monoisotopic (exact) mass is 394 g/mol. The molecule has 0 atom stereocenters. The second-order valence-electron chi connectivity index (χ2n) is 4.44. The van der Waals surface area contributed by atoms with Gasteiger partial charge in [0.2, 0.25) is 5.91 Å². The van der Waals surface area contributed by atoms with Gasteiger partial charge < -0.3 is 9.84 Å². The van der Waals surface area contributed by atoms with Gasteiger partial charge in [0.05, 0.1) is 23.5 Å². The number of hydrogen-bond acceptors (Lipinski definition) is 5. The van der Waals surface area contributed by atoms with Crippen LogP contribution in [0.1, 0.15) is 5.56 Å². The summed E-state index contributed by atoms with van der Waals surface area (Å²) in [6.45, 7) is 0. The molecule has 2 N–H and O–H groups in total. The lowest BCUT2D eigenvalue weighted by Crippen LogP contribution is -2.19. The van der Waals surface area contributed by atoms with Gasteiger partial charge in [0.25, 0.3) is 0 Å². The number of phenols is 1. The molecule has 2 rings (SSSR count). The Morgan fingerprint density at radius 1 is 1.39 bits per heavy atom. The Balaban J connectivity index is 1.91. The molecule has 0 aromatic heterocycles. The van der Waals surface area contributed by atoms with Gasteiger partial charge in [0.15, 0.2) is 0 Å². The maximum Gasteiger partial charge on any atom is 0.250 e. The molecule has 0 radical (unpaired) electrons. The van der Waals surface area contributed by atoms with E-state index >= 15 is 0 Å². The van der Waals surface area contributed by atoms with E-state index in [4.69, 9.17) is 4.74 Å². The summed E-state index contributed by atoms with van der Waals surface area (Å²) in [7, 11) is 1.53. The van der Waals surface area contributed by atoms with Gasteiger partial charge in [-0.1, -0.05) is 18.2 Å². The van der Waals surface area contributed by atoms with Crippen LogP contribution in [0.5, 0.6) is 11.5 Å². The van der Waals surface area contributed by atoms with E-state index in [-0.39, 0.29) is 17.4 Å². The molecule has 1 amide bonds. The zero-order chi connectivity index (χ0) is 16.7. The number of ether oxygens (including phenoxy) is 1. The number of aromatic hydroxyl groups is 1. The molecule has 0 heterocycles. The zero-order valence-corrected chi connectivity index (χ0v) is 14.7. The van der Waals surface area contributed by atoms with Crippen LogP contribution in [0.15, 0.2) is 56.9 Å². The summed E-state index contributed by atoms with van der Waals surface area (Å²) in [6, 6.07) is 12.9. The van der Waals surface area contributed by atoms with Crippen LogP contribution in [-0.2, 0) is 4.79 Å². The van der Waals surface area contributed by atoms with Gasteiger partial charge in [-0.3, -0.25) is 4.79 Å². The van der Waals surface area contributed by atoms with E-state index in [0.29, 0.717) is 15.8 Å². The van der Waals surface area contributed by atoms with Gasteiger partial charge in [-0.25, -0.2) is 5.43 Å². The standard InChI is InChI=1S/C16H15BrN2O3S/c1-22-12-7-11(16(21)14(17)8-12)9-18-19-15(20)10-23-13-5-3-2-4-6-13/h2-9,21H,10H2,1H3,(H,19,20)/b18-9+. The molecule has 5 nitrogen and oxygen atoms in total. The number of nitrogens with one attached hydrogen (secondary N) is 1. The highest BCUT2D eigenvalue weighted by atomic mass is 79.9. The first kappa shape index (κ1) is 17.4. The van der Waals surface area contributed by atoms with Gasteiger partial charge in [0, 0.05) is 10.5 Å². The highest BCUT2D eigenvalue weighted by Gasteiger charge is 2.07. The molecule has 0 unspecified atom stereocenters. The van der Waals surface area contributed by atoms with Crippen molar-refractivity contribution in [2.24, 2.45) is 5.10 Å². The fourth-order valence-corrected chi connectivity index (χ4v) is 2.85. The average molecular weight is 395 g/mol. The van der Waals surface area contributed by atoms with Gasteiger partial charge in [-0.2, -0.15) is 5.10 Å². The first-order chi connectivity index (χ1) is 11.1. The van der Waals surface area contributed by atoms with E-state index in [1.165, 1.54) is 25.1 Å². The summed E-state index contributed by atoms with van der Waals surface area (Å²) >= 11 is 4.65. The molecule has 0 bridgehead atoms. The minimum atomic E-state index is -0.225. The van der Waals surface area contributed by atoms with E-state index in [2.05, 4.69) is 26.5 Å². The first-order valence-corrected chi connectivity index (χ1v) is 8.44. The van der Waals surface area contributed by atoms with Crippen molar-refractivity contribution < 1.29 is 14.6 Å². The lowest BCUT2D eigenvalue weighted by Gasteiger charge is -2.06. The number of carbonyl (C=O) groups is 1. The second kappa shape index (κ2) is 8.59. The predicted octanol–water partition coefficient (Wildman–Crippen LogP) is 3.41. The van der Waals surface area contributed by atoms with Crippen molar-refractivity contribution in [2.45, 2.75) is 4.90 Å². The van der Waals surface area contributed by atoms with Crippen LogP contribution in [-0.4, -0.2) is 30.1 Å². The molecule has 0 spiro atoms. The van der Waals surface area contributed by atoms with Gasteiger partial charge in [-0.15, -0.1) is 11.8 Å². The molecule has 7 heteroatoms. The Kier molecular flexibility index (Phi) is 6.49. The van der Waals surface area contributed by atoms with E-state index in [0.717, 1.165) is 4.90 Å². The summed E-state index contributed by atoms with van der Waals surface area (Å²) in [5.74, 6) is 0.635. The second-order valence-corrected chi connectivity index (χ2v) is 6.35. The summed E-state index contributed by atoms with van der Waals surface area (Å²) in [4.78, 5) is 12.8. The minimum Gasteiger partial charge on any atom is -0.506 e. The fourth-order valence-electron chi connectivity index (χ4n) is 1.68.